The summed E-state index contributed by atoms with van der Waals surface area (Å²) in [5.41, 5.74) is 2.73. The predicted molar refractivity (Wildman–Crippen MR) is 161 cm³/mol. The fourth-order valence-electron chi connectivity index (χ4n) is 6.89. The van der Waals surface area contributed by atoms with E-state index in [0.29, 0.717) is 31.6 Å². The number of aliphatic hydroxyl groups is 2. The molecule has 2 aromatic carbocycles. The average molecular weight is 564 g/mol. The number of hydrogen-bond donors (Lipinski definition) is 4. The van der Waals surface area contributed by atoms with Crippen molar-refractivity contribution < 1.29 is 24.9 Å². The Morgan fingerprint density at radius 1 is 1.00 bits per heavy atom. The number of hydrogen-bond acceptors (Lipinski definition) is 5. The third kappa shape index (κ3) is 9.14. The van der Waals surface area contributed by atoms with Gasteiger partial charge in [-0.3, -0.25) is 9.59 Å². The lowest BCUT2D eigenvalue weighted by molar-refractivity contribution is -0.128. The van der Waals surface area contributed by atoms with Gasteiger partial charge in [-0.2, -0.15) is 0 Å². The standard InChI is InChI=1S/C35H49NO5/c1-35(2,3)22-29(38)19-26(17-23-9-5-4-6-10-23)31(39)21-27(18-24-13-15-28(37)16-14-24)34(41)36-33-30-12-8-7-11-25(30)20-32(33)40/h7-8,11-16,23,26-27,31-33,37,39-40H,4-6,9-10,17-22H2,1-3H3,(H,36,41)/t26-,27-,31+,32-,33+/m1/s1. The lowest BCUT2D eigenvalue weighted by Gasteiger charge is -2.32. The molecule has 41 heavy (non-hydrogen) atoms. The van der Waals surface area contributed by atoms with E-state index in [4.69, 9.17) is 0 Å². The van der Waals surface area contributed by atoms with Gasteiger partial charge in [0.05, 0.1) is 18.2 Å². The second-order valence-electron chi connectivity index (χ2n) is 13.8. The number of fused-ring (bicyclic) bond motifs is 1. The van der Waals surface area contributed by atoms with Crippen LogP contribution >= 0.6 is 0 Å². The smallest absolute Gasteiger partial charge is 0.224 e. The molecule has 6 nitrogen and oxygen atoms in total. The maximum atomic E-state index is 13.8. The van der Waals surface area contributed by atoms with Crippen LogP contribution in [0.25, 0.3) is 0 Å². The van der Waals surface area contributed by atoms with Crippen molar-refractivity contribution in [2.75, 3.05) is 0 Å². The number of Topliss-reactive ketones (excluding diaryl/α,β-unsaturated/α-hetero) is 1. The number of rotatable bonds is 12. The Morgan fingerprint density at radius 2 is 1.68 bits per heavy atom. The van der Waals surface area contributed by atoms with Crippen molar-refractivity contribution in [3.8, 4) is 5.75 Å². The van der Waals surface area contributed by atoms with Crippen molar-refractivity contribution in [1.82, 2.24) is 5.32 Å². The van der Waals surface area contributed by atoms with E-state index < -0.39 is 24.2 Å². The van der Waals surface area contributed by atoms with Gasteiger partial charge in [0.25, 0.3) is 0 Å². The first kappa shape index (κ1) is 31.2. The molecule has 1 fully saturated rings. The highest BCUT2D eigenvalue weighted by atomic mass is 16.3. The molecule has 1 saturated carbocycles. The lowest BCUT2D eigenvalue weighted by Crippen LogP contribution is -2.40. The maximum Gasteiger partial charge on any atom is 0.224 e. The van der Waals surface area contributed by atoms with Crippen LogP contribution in [0.4, 0.5) is 0 Å². The number of amides is 1. The molecule has 0 heterocycles. The summed E-state index contributed by atoms with van der Waals surface area (Å²) in [6.07, 6.45) is 7.12. The van der Waals surface area contributed by atoms with Gasteiger partial charge in [0.2, 0.25) is 5.91 Å². The topological polar surface area (TPSA) is 107 Å². The highest BCUT2D eigenvalue weighted by Crippen LogP contribution is 2.35. The van der Waals surface area contributed by atoms with Crippen molar-refractivity contribution in [2.24, 2.45) is 23.2 Å². The van der Waals surface area contributed by atoms with Crippen LogP contribution in [0.3, 0.4) is 0 Å². The Kier molecular flexibility index (Phi) is 10.6. The Morgan fingerprint density at radius 3 is 2.37 bits per heavy atom. The van der Waals surface area contributed by atoms with Crippen LogP contribution in [0.2, 0.25) is 0 Å². The van der Waals surface area contributed by atoms with Gasteiger partial charge in [-0.05, 0) is 65.3 Å². The zero-order valence-electron chi connectivity index (χ0n) is 25.0. The van der Waals surface area contributed by atoms with Crippen molar-refractivity contribution in [1.29, 1.82) is 0 Å². The van der Waals surface area contributed by atoms with E-state index in [2.05, 4.69) is 26.1 Å². The third-order valence-corrected chi connectivity index (χ3v) is 8.94. The molecule has 0 aliphatic heterocycles. The van der Waals surface area contributed by atoms with Crippen molar-refractivity contribution >= 4 is 11.7 Å². The number of aliphatic hydroxyl groups excluding tert-OH is 2. The van der Waals surface area contributed by atoms with Gasteiger partial charge in [0.1, 0.15) is 11.5 Å². The summed E-state index contributed by atoms with van der Waals surface area (Å²) in [4.78, 5) is 26.9. The fourth-order valence-corrected chi connectivity index (χ4v) is 6.89. The first-order valence-electron chi connectivity index (χ1n) is 15.5. The molecule has 0 bridgehead atoms. The molecule has 1 amide bonds. The molecular weight excluding hydrogens is 514 g/mol. The van der Waals surface area contributed by atoms with Crippen molar-refractivity contribution in [3.05, 3.63) is 65.2 Å². The molecule has 6 heteroatoms. The number of aromatic hydroxyl groups is 1. The number of phenolic OH excluding ortho intramolecular Hbond substituents is 1. The van der Waals surface area contributed by atoms with Crippen LogP contribution in [0.1, 0.15) is 101 Å². The van der Waals surface area contributed by atoms with E-state index in [-0.39, 0.29) is 35.2 Å². The maximum absolute atomic E-state index is 13.8. The number of phenols is 1. The van der Waals surface area contributed by atoms with Gasteiger partial charge < -0.3 is 20.6 Å². The van der Waals surface area contributed by atoms with Crippen LogP contribution in [-0.2, 0) is 22.4 Å². The second kappa shape index (κ2) is 14.0. The van der Waals surface area contributed by atoms with Crippen molar-refractivity contribution in [3.63, 3.8) is 0 Å². The molecule has 0 aromatic heterocycles. The van der Waals surface area contributed by atoms with Gasteiger partial charge in [-0.15, -0.1) is 0 Å². The van der Waals surface area contributed by atoms with Crippen LogP contribution in [0, 0.1) is 23.2 Å². The Labute approximate surface area is 245 Å². The van der Waals surface area contributed by atoms with Gasteiger partial charge >= 0.3 is 0 Å². The first-order valence-corrected chi connectivity index (χ1v) is 15.5. The molecule has 0 spiro atoms. The van der Waals surface area contributed by atoms with E-state index in [0.717, 1.165) is 36.0 Å². The van der Waals surface area contributed by atoms with Crippen molar-refractivity contribution in [2.45, 2.75) is 110 Å². The number of carbonyl (C=O) groups excluding carboxylic acids is 2. The summed E-state index contributed by atoms with van der Waals surface area (Å²) >= 11 is 0. The number of benzene rings is 2. The molecule has 224 valence electrons. The van der Waals surface area contributed by atoms with E-state index in [1.54, 1.807) is 24.3 Å². The average Bonchev–Trinajstić information content (AvgIpc) is 3.23. The summed E-state index contributed by atoms with van der Waals surface area (Å²) in [6, 6.07) is 14.1. The van der Waals surface area contributed by atoms with E-state index in [1.807, 2.05) is 24.3 Å². The van der Waals surface area contributed by atoms with Gasteiger partial charge in [0.15, 0.2) is 0 Å². The zero-order valence-corrected chi connectivity index (χ0v) is 25.0. The SMILES string of the molecule is CC(C)(C)CC(=O)C[C@@H](CC1CCCCC1)[C@@H](O)C[C@@H](Cc1ccc(O)cc1)C(=O)N[C@H]1c2ccccc2C[C@H]1O. The Hall–Kier alpha value is -2.70. The van der Waals surface area contributed by atoms with E-state index >= 15 is 0 Å². The minimum atomic E-state index is -0.797. The predicted octanol–water partition coefficient (Wildman–Crippen LogP) is 6.06. The summed E-state index contributed by atoms with van der Waals surface area (Å²) in [5, 5.41) is 35.3. The molecule has 2 aliphatic rings. The van der Waals surface area contributed by atoms with Crippen LogP contribution in [0.15, 0.2) is 48.5 Å². The normalized spacial score (nSPS) is 21.6. The number of nitrogens with one attached hydrogen (secondary N) is 1. The largest absolute Gasteiger partial charge is 0.508 e. The third-order valence-electron chi connectivity index (χ3n) is 8.94. The second-order valence-corrected chi connectivity index (χ2v) is 13.8. The zero-order chi connectivity index (χ0) is 29.6. The summed E-state index contributed by atoms with van der Waals surface area (Å²) in [6.45, 7) is 6.18. The molecule has 0 unspecified atom stereocenters. The van der Waals surface area contributed by atoms with Gasteiger partial charge in [-0.1, -0.05) is 89.3 Å². The Bertz CT molecular complexity index is 1150. The van der Waals surface area contributed by atoms with Gasteiger partial charge in [-0.25, -0.2) is 0 Å². The molecule has 0 saturated heterocycles. The summed E-state index contributed by atoms with van der Waals surface area (Å²) in [7, 11) is 0. The summed E-state index contributed by atoms with van der Waals surface area (Å²) in [5.74, 6) is -0.134. The van der Waals surface area contributed by atoms with Crippen LogP contribution in [0.5, 0.6) is 5.75 Å². The van der Waals surface area contributed by atoms with Gasteiger partial charge in [0, 0.05) is 25.2 Å². The first-order chi connectivity index (χ1) is 19.5. The fraction of sp³-hybridized carbons (Fsp3) is 0.600. The van der Waals surface area contributed by atoms with Crippen LogP contribution < -0.4 is 5.32 Å². The molecule has 4 N–H and O–H groups in total. The Balaban J connectivity index is 1.53. The molecule has 2 aliphatic carbocycles. The highest BCUT2D eigenvalue weighted by molar-refractivity contribution is 5.80. The molecular formula is C35H49NO5. The van der Waals surface area contributed by atoms with Crippen LogP contribution in [-0.4, -0.2) is 39.2 Å². The molecule has 0 radical (unpaired) electrons. The highest BCUT2D eigenvalue weighted by Gasteiger charge is 2.36. The summed E-state index contributed by atoms with van der Waals surface area (Å²) < 4.78 is 0. The lowest BCUT2D eigenvalue weighted by atomic mass is 9.76. The quantitative estimate of drug-likeness (QED) is 0.251. The minimum absolute atomic E-state index is 0.114. The number of carbonyl (C=O) groups is 2. The monoisotopic (exact) mass is 563 g/mol. The van der Waals surface area contributed by atoms with E-state index in [1.165, 1.54) is 19.3 Å². The number of ketones is 1. The molecule has 2 aromatic rings. The van der Waals surface area contributed by atoms with E-state index in [9.17, 15) is 24.9 Å². The minimum Gasteiger partial charge on any atom is -0.508 e. The molecule has 5 atom stereocenters. The molecule has 4 rings (SSSR count).